The lowest BCUT2D eigenvalue weighted by Crippen LogP contribution is -2.11. The molecule has 2 nitrogen and oxygen atoms in total. The van der Waals surface area contributed by atoms with Gasteiger partial charge in [0, 0.05) is 21.7 Å². The van der Waals surface area contributed by atoms with Crippen LogP contribution < -0.4 is 5.32 Å². The molecule has 1 aromatic rings. The van der Waals surface area contributed by atoms with Gasteiger partial charge in [-0.15, -0.1) is 0 Å². The number of hydrogen-bond acceptors (Lipinski definition) is 2. The molecular weight excluding hydrogens is 312 g/mol. The van der Waals surface area contributed by atoms with E-state index < -0.39 is 0 Å². The molecule has 0 amide bonds. The first kappa shape index (κ1) is 15.3. The Hall–Kier alpha value is -0.720. The lowest BCUT2D eigenvalue weighted by atomic mass is 9.90. The first-order chi connectivity index (χ1) is 8.35. The van der Waals surface area contributed by atoms with Crippen molar-refractivity contribution in [2.45, 2.75) is 33.6 Å². The summed E-state index contributed by atoms with van der Waals surface area (Å²) in [4.78, 5) is 0. The number of nitrogens with one attached hydrogen (secondary N) is 1. The third kappa shape index (κ3) is 4.51. The highest BCUT2D eigenvalue weighted by molar-refractivity contribution is 9.10. The molecule has 1 N–H and O–H groups in total. The van der Waals surface area contributed by atoms with Crippen LogP contribution in [0.5, 0.6) is 0 Å². The summed E-state index contributed by atoms with van der Waals surface area (Å²) >= 11 is 9.60. The van der Waals surface area contributed by atoms with E-state index in [4.69, 9.17) is 16.9 Å². The maximum absolute atomic E-state index is 8.93. The van der Waals surface area contributed by atoms with Gasteiger partial charge in [-0.1, -0.05) is 11.6 Å². The summed E-state index contributed by atoms with van der Waals surface area (Å²) in [5, 5.41) is 13.0. The fourth-order valence-electron chi connectivity index (χ4n) is 1.59. The maximum Gasteiger partial charge on any atom is 0.0683 e. The van der Waals surface area contributed by atoms with E-state index in [1.807, 2.05) is 32.9 Å². The lowest BCUT2D eigenvalue weighted by molar-refractivity contribution is 0.441. The van der Waals surface area contributed by atoms with Gasteiger partial charge in [0.1, 0.15) is 0 Å². The van der Waals surface area contributed by atoms with E-state index in [0.717, 1.165) is 40.1 Å². The molecule has 0 saturated heterocycles. The van der Waals surface area contributed by atoms with Crippen molar-refractivity contribution < 1.29 is 0 Å². The number of nitriles is 1. The Bertz CT molecular complexity index is 464. The van der Waals surface area contributed by atoms with Gasteiger partial charge in [0.15, 0.2) is 0 Å². The fraction of sp³-hybridized carbons (Fsp3) is 0.500. The molecule has 0 spiro atoms. The zero-order chi connectivity index (χ0) is 13.8. The average Bonchev–Trinajstić information content (AvgIpc) is 2.31. The van der Waals surface area contributed by atoms with Gasteiger partial charge in [0.25, 0.3) is 0 Å². The van der Waals surface area contributed by atoms with Crippen molar-refractivity contribution in [2.24, 2.45) is 5.41 Å². The minimum atomic E-state index is -0.246. The zero-order valence-corrected chi connectivity index (χ0v) is 13.3. The van der Waals surface area contributed by atoms with Gasteiger partial charge in [-0.2, -0.15) is 5.26 Å². The van der Waals surface area contributed by atoms with Crippen LogP contribution in [0.3, 0.4) is 0 Å². The van der Waals surface area contributed by atoms with Gasteiger partial charge in [-0.05, 0) is 67.2 Å². The van der Waals surface area contributed by atoms with Gasteiger partial charge in [0.05, 0.1) is 11.5 Å². The summed E-state index contributed by atoms with van der Waals surface area (Å²) in [6.07, 6.45) is 1.84. The summed E-state index contributed by atoms with van der Waals surface area (Å²) in [6, 6.07) is 6.24. The van der Waals surface area contributed by atoms with Crippen LogP contribution in [0, 0.1) is 23.7 Å². The number of nitrogens with zero attached hydrogens (tertiary/aromatic N) is 1. The van der Waals surface area contributed by atoms with E-state index in [-0.39, 0.29) is 5.41 Å². The highest BCUT2D eigenvalue weighted by Gasteiger charge is 2.15. The monoisotopic (exact) mass is 328 g/mol. The molecule has 0 aliphatic heterocycles. The summed E-state index contributed by atoms with van der Waals surface area (Å²) in [5.41, 5.74) is 1.81. The fourth-order valence-corrected chi connectivity index (χ4v) is 2.35. The summed E-state index contributed by atoms with van der Waals surface area (Å²) in [7, 11) is 0. The van der Waals surface area contributed by atoms with Gasteiger partial charge in [-0.3, -0.25) is 0 Å². The second kappa shape index (κ2) is 6.45. The molecule has 0 heterocycles. The minimum absolute atomic E-state index is 0.246. The number of anilines is 1. The largest absolute Gasteiger partial charge is 0.384 e. The molecule has 0 unspecified atom stereocenters. The van der Waals surface area contributed by atoms with E-state index in [1.54, 1.807) is 0 Å². The van der Waals surface area contributed by atoms with Crippen LogP contribution in [-0.4, -0.2) is 6.54 Å². The highest BCUT2D eigenvalue weighted by atomic mass is 79.9. The number of aryl methyl sites for hydroxylation is 1. The first-order valence-corrected chi connectivity index (χ1v) is 7.13. The van der Waals surface area contributed by atoms with E-state index in [9.17, 15) is 0 Å². The van der Waals surface area contributed by atoms with Crippen LogP contribution >= 0.6 is 27.5 Å². The maximum atomic E-state index is 8.93. The topological polar surface area (TPSA) is 35.8 Å². The second-order valence-electron chi connectivity index (χ2n) is 5.11. The molecule has 4 heteroatoms. The smallest absolute Gasteiger partial charge is 0.0683 e. The Balaban J connectivity index is 2.50. The van der Waals surface area contributed by atoms with Crippen LogP contribution in [0.2, 0.25) is 5.02 Å². The van der Waals surface area contributed by atoms with Crippen LogP contribution in [0.25, 0.3) is 0 Å². The normalized spacial score (nSPS) is 11.1. The molecular formula is C14H18BrClN2. The summed E-state index contributed by atoms with van der Waals surface area (Å²) in [5.74, 6) is 0. The Morgan fingerprint density at radius 2 is 2.11 bits per heavy atom. The van der Waals surface area contributed by atoms with Crippen molar-refractivity contribution in [3.63, 3.8) is 0 Å². The van der Waals surface area contributed by atoms with E-state index in [1.165, 1.54) is 0 Å². The standard InChI is InChI=1S/C14H18BrClN2/c1-10-7-11(15)13(8-12(10)16)18-6-4-5-14(2,3)9-17/h7-8,18H,4-6H2,1-3H3. The second-order valence-corrected chi connectivity index (χ2v) is 6.37. The van der Waals surface area contributed by atoms with E-state index >= 15 is 0 Å². The van der Waals surface area contributed by atoms with Crippen molar-refractivity contribution in [1.29, 1.82) is 5.26 Å². The van der Waals surface area contributed by atoms with Crippen LogP contribution in [0.1, 0.15) is 32.3 Å². The van der Waals surface area contributed by atoms with Crippen molar-refractivity contribution >= 4 is 33.2 Å². The molecule has 18 heavy (non-hydrogen) atoms. The van der Waals surface area contributed by atoms with Gasteiger partial charge >= 0.3 is 0 Å². The molecule has 0 atom stereocenters. The average molecular weight is 330 g/mol. The van der Waals surface area contributed by atoms with Crippen LogP contribution in [0.15, 0.2) is 16.6 Å². The molecule has 0 bridgehead atoms. The first-order valence-electron chi connectivity index (χ1n) is 5.96. The minimum Gasteiger partial charge on any atom is -0.384 e. The lowest BCUT2D eigenvalue weighted by Gasteiger charge is -2.15. The highest BCUT2D eigenvalue weighted by Crippen LogP contribution is 2.29. The van der Waals surface area contributed by atoms with Gasteiger partial charge in [0.2, 0.25) is 0 Å². The molecule has 1 rings (SSSR count). The van der Waals surface area contributed by atoms with Gasteiger partial charge < -0.3 is 5.32 Å². The Morgan fingerprint density at radius 1 is 1.44 bits per heavy atom. The number of benzene rings is 1. The summed E-state index contributed by atoms with van der Waals surface area (Å²) in [6.45, 7) is 6.74. The quantitative estimate of drug-likeness (QED) is 0.758. The molecule has 0 aliphatic carbocycles. The Morgan fingerprint density at radius 3 is 2.72 bits per heavy atom. The number of hydrogen-bond donors (Lipinski definition) is 1. The molecule has 0 fully saturated rings. The van der Waals surface area contributed by atoms with Crippen LogP contribution in [0.4, 0.5) is 5.69 Å². The number of rotatable bonds is 5. The Kier molecular flexibility index (Phi) is 5.49. The summed E-state index contributed by atoms with van der Waals surface area (Å²) < 4.78 is 1.02. The predicted molar refractivity (Wildman–Crippen MR) is 81.0 cm³/mol. The molecule has 98 valence electrons. The van der Waals surface area contributed by atoms with Crippen molar-refractivity contribution in [3.05, 3.63) is 27.2 Å². The third-order valence-corrected chi connectivity index (χ3v) is 3.91. The van der Waals surface area contributed by atoms with Crippen molar-refractivity contribution in [2.75, 3.05) is 11.9 Å². The van der Waals surface area contributed by atoms with Gasteiger partial charge in [-0.25, -0.2) is 0 Å². The predicted octanol–water partition coefficient (Wildman–Crippen LogP) is 5.15. The zero-order valence-electron chi connectivity index (χ0n) is 11.0. The van der Waals surface area contributed by atoms with Crippen molar-refractivity contribution in [3.8, 4) is 6.07 Å². The third-order valence-electron chi connectivity index (χ3n) is 2.84. The molecule has 0 radical (unpaired) electrons. The Labute approximate surface area is 122 Å². The SMILES string of the molecule is Cc1cc(Br)c(NCCCC(C)(C)C#N)cc1Cl. The molecule has 1 aromatic carbocycles. The van der Waals surface area contributed by atoms with E-state index in [0.29, 0.717) is 0 Å². The van der Waals surface area contributed by atoms with E-state index in [2.05, 4.69) is 27.3 Å². The van der Waals surface area contributed by atoms with Crippen molar-refractivity contribution in [1.82, 2.24) is 0 Å². The molecule has 0 aromatic heterocycles. The van der Waals surface area contributed by atoms with Crippen LogP contribution in [-0.2, 0) is 0 Å². The number of halogens is 2. The molecule has 0 aliphatic rings. The molecule has 0 saturated carbocycles.